The number of aryl methyl sites for hydroxylation is 1. The summed E-state index contributed by atoms with van der Waals surface area (Å²) in [6.45, 7) is 5.82. The Balaban J connectivity index is 1.24. The molecule has 2 aliphatic rings. The van der Waals surface area contributed by atoms with Crippen molar-refractivity contribution in [2.75, 3.05) is 49.1 Å². The van der Waals surface area contributed by atoms with Gasteiger partial charge in [0.25, 0.3) is 0 Å². The number of hydrogen-bond acceptors (Lipinski definition) is 3. The minimum Gasteiger partial charge on any atom is -0.372 e. The maximum atomic E-state index is 12.6. The van der Waals surface area contributed by atoms with E-state index < -0.39 is 0 Å². The minimum absolute atomic E-state index is 0.284. The second-order valence-electron chi connectivity index (χ2n) is 7.56. The number of para-hydroxylation sites is 1. The first-order valence-electron chi connectivity index (χ1n) is 10.2. The van der Waals surface area contributed by atoms with Crippen LogP contribution in [0, 0.1) is 0 Å². The molecule has 0 aromatic heterocycles. The predicted molar refractivity (Wildman–Crippen MR) is 111 cm³/mol. The molecule has 2 heterocycles. The molecule has 0 bridgehead atoms. The van der Waals surface area contributed by atoms with Crippen LogP contribution in [0.1, 0.15) is 24.8 Å². The molecule has 4 rings (SSSR count). The Kier molecular flexibility index (Phi) is 5.61. The van der Waals surface area contributed by atoms with E-state index >= 15 is 0 Å². The summed E-state index contributed by atoms with van der Waals surface area (Å²) >= 11 is 0. The van der Waals surface area contributed by atoms with E-state index in [-0.39, 0.29) is 5.91 Å². The van der Waals surface area contributed by atoms with Crippen LogP contribution >= 0.6 is 0 Å². The van der Waals surface area contributed by atoms with Crippen LogP contribution in [0.2, 0.25) is 0 Å². The molecule has 2 aromatic rings. The summed E-state index contributed by atoms with van der Waals surface area (Å²) in [5.74, 6) is 0.284. The van der Waals surface area contributed by atoms with Crippen LogP contribution in [0.3, 0.4) is 0 Å². The first-order valence-corrected chi connectivity index (χ1v) is 10.2. The van der Waals surface area contributed by atoms with Gasteiger partial charge in [-0.1, -0.05) is 30.3 Å². The second kappa shape index (κ2) is 8.47. The summed E-state index contributed by atoms with van der Waals surface area (Å²) in [6.07, 6.45) is 4.04. The molecule has 1 amide bonds. The van der Waals surface area contributed by atoms with Crippen molar-refractivity contribution >= 4 is 17.3 Å². The molecule has 2 aromatic carbocycles. The molecule has 0 N–H and O–H groups in total. The molecule has 0 saturated carbocycles. The average molecular weight is 364 g/mol. The maximum absolute atomic E-state index is 12.6. The molecule has 142 valence electrons. The van der Waals surface area contributed by atoms with Gasteiger partial charge in [0.15, 0.2) is 0 Å². The number of carbonyl (C=O) groups is 1. The van der Waals surface area contributed by atoms with Crippen molar-refractivity contribution in [3.63, 3.8) is 0 Å². The van der Waals surface area contributed by atoms with Crippen LogP contribution in [0.15, 0.2) is 54.6 Å². The first kappa shape index (κ1) is 17.9. The van der Waals surface area contributed by atoms with Crippen molar-refractivity contribution in [3.05, 3.63) is 60.2 Å². The van der Waals surface area contributed by atoms with Gasteiger partial charge < -0.3 is 14.7 Å². The lowest BCUT2D eigenvalue weighted by Gasteiger charge is -2.36. The highest BCUT2D eigenvalue weighted by atomic mass is 16.2. The molecule has 0 radical (unpaired) electrons. The number of nitrogens with zero attached hydrogens (tertiary/aromatic N) is 3. The Morgan fingerprint density at radius 2 is 1.30 bits per heavy atom. The van der Waals surface area contributed by atoms with Gasteiger partial charge in [0.1, 0.15) is 0 Å². The summed E-state index contributed by atoms with van der Waals surface area (Å²) in [4.78, 5) is 19.4. The number of anilines is 2. The van der Waals surface area contributed by atoms with Gasteiger partial charge in [0, 0.05) is 57.1 Å². The van der Waals surface area contributed by atoms with E-state index in [1.165, 1.54) is 42.9 Å². The minimum atomic E-state index is 0.284. The van der Waals surface area contributed by atoms with Gasteiger partial charge in [-0.2, -0.15) is 0 Å². The van der Waals surface area contributed by atoms with Crippen LogP contribution in [0.25, 0.3) is 0 Å². The molecule has 0 spiro atoms. The maximum Gasteiger partial charge on any atom is 0.223 e. The normalized spacial score (nSPS) is 17.4. The monoisotopic (exact) mass is 363 g/mol. The molecular formula is C23H29N3O. The average Bonchev–Trinajstić information content (AvgIpc) is 3.28. The Morgan fingerprint density at radius 1 is 0.704 bits per heavy atom. The lowest BCUT2D eigenvalue weighted by Crippen LogP contribution is -2.48. The van der Waals surface area contributed by atoms with Crippen LogP contribution in [-0.2, 0) is 11.2 Å². The fourth-order valence-corrected chi connectivity index (χ4v) is 4.11. The van der Waals surface area contributed by atoms with E-state index in [1.54, 1.807) is 0 Å². The molecule has 2 fully saturated rings. The Labute approximate surface area is 162 Å². The van der Waals surface area contributed by atoms with Crippen LogP contribution in [0.5, 0.6) is 0 Å². The summed E-state index contributed by atoms with van der Waals surface area (Å²) in [7, 11) is 0. The van der Waals surface area contributed by atoms with E-state index in [0.29, 0.717) is 6.42 Å². The van der Waals surface area contributed by atoms with E-state index in [1.807, 2.05) is 11.0 Å². The smallest absolute Gasteiger partial charge is 0.223 e. The molecule has 0 atom stereocenters. The van der Waals surface area contributed by atoms with Gasteiger partial charge in [-0.15, -0.1) is 0 Å². The zero-order valence-corrected chi connectivity index (χ0v) is 16.0. The number of amides is 1. The summed E-state index contributed by atoms with van der Waals surface area (Å²) < 4.78 is 0. The topological polar surface area (TPSA) is 26.8 Å². The summed E-state index contributed by atoms with van der Waals surface area (Å²) in [5, 5.41) is 0. The van der Waals surface area contributed by atoms with E-state index in [9.17, 15) is 4.79 Å². The molecule has 2 saturated heterocycles. The Bertz CT molecular complexity index is 730. The zero-order chi connectivity index (χ0) is 18.5. The highest BCUT2D eigenvalue weighted by Gasteiger charge is 2.21. The molecule has 0 unspecified atom stereocenters. The lowest BCUT2D eigenvalue weighted by atomic mass is 10.1. The quantitative estimate of drug-likeness (QED) is 0.813. The largest absolute Gasteiger partial charge is 0.372 e. The van der Waals surface area contributed by atoms with E-state index in [2.05, 4.69) is 58.3 Å². The Morgan fingerprint density at radius 3 is 1.96 bits per heavy atom. The number of piperazine rings is 1. The van der Waals surface area contributed by atoms with E-state index in [4.69, 9.17) is 0 Å². The molecule has 0 aliphatic carbocycles. The van der Waals surface area contributed by atoms with Crippen molar-refractivity contribution < 1.29 is 4.79 Å². The standard InChI is InChI=1S/C23H29N3O/c27-23(26-18-16-25(17-19-26)21-6-2-1-3-7-21)13-10-20-8-11-22(12-9-20)24-14-4-5-15-24/h1-3,6-9,11-12H,4-5,10,13-19H2. The third-order valence-electron chi connectivity index (χ3n) is 5.79. The van der Waals surface area contributed by atoms with Gasteiger partial charge >= 0.3 is 0 Å². The highest BCUT2D eigenvalue weighted by Crippen LogP contribution is 2.21. The van der Waals surface area contributed by atoms with Gasteiger partial charge in [0.2, 0.25) is 5.91 Å². The third kappa shape index (κ3) is 4.44. The number of rotatable bonds is 5. The molecular weight excluding hydrogens is 334 g/mol. The van der Waals surface area contributed by atoms with Crippen molar-refractivity contribution in [1.82, 2.24) is 4.90 Å². The van der Waals surface area contributed by atoms with Crippen molar-refractivity contribution in [2.24, 2.45) is 0 Å². The number of carbonyl (C=O) groups excluding carboxylic acids is 1. The SMILES string of the molecule is O=C(CCc1ccc(N2CCCC2)cc1)N1CCN(c2ccccc2)CC1. The van der Waals surface area contributed by atoms with Crippen molar-refractivity contribution in [3.8, 4) is 0 Å². The van der Waals surface area contributed by atoms with Gasteiger partial charge in [0.05, 0.1) is 0 Å². The highest BCUT2D eigenvalue weighted by molar-refractivity contribution is 5.76. The predicted octanol–water partition coefficient (Wildman–Crippen LogP) is 3.57. The van der Waals surface area contributed by atoms with Gasteiger partial charge in [-0.25, -0.2) is 0 Å². The molecule has 4 nitrogen and oxygen atoms in total. The number of benzene rings is 2. The molecule has 4 heteroatoms. The first-order chi connectivity index (χ1) is 13.3. The Hall–Kier alpha value is -2.49. The molecule has 2 aliphatic heterocycles. The van der Waals surface area contributed by atoms with Crippen molar-refractivity contribution in [2.45, 2.75) is 25.7 Å². The fraction of sp³-hybridized carbons (Fsp3) is 0.435. The van der Waals surface area contributed by atoms with Crippen LogP contribution < -0.4 is 9.80 Å². The number of hydrogen-bond donors (Lipinski definition) is 0. The third-order valence-corrected chi connectivity index (χ3v) is 5.79. The van der Waals surface area contributed by atoms with Crippen LogP contribution in [0.4, 0.5) is 11.4 Å². The van der Waals surface area contributed by atoms with E-state index in [0.717, 1.165) is 32.6 Å². The molecule has 27 heavy (non-hydrogen) atoms. The zero-order valence-electron chi connectivity index (χ0n) is 16.0. The second-order valence-corrected chi connectivity index (χ2v) is 7.56. The van der Waals surface area contributed by atoms with Gasteiger partial charge in [-0.3, -0.25) is 4.79 Å². The fourth-order valence-electron chi connectivity index (χ4n) is 4.11. The van der Waals surface area contributed by atoms with Gasteiger partial charge in [-0.05, 0) is 49.1 Å². The summed E-state index contributed by atoms with van der Waals surface area (Å²) in [5.41, 5.74) is 3.83. The van der Waals surface area contributed by atoms with Crippen molar-refractivity contribution in [1.29, 1.82) is 0 Å². The summed E-state index contributed by atoms with van der Waals surface area (Å²) in [6, 6.07) is 19.3. The lowest BCUT2D eigenvalue weighted by molar-refractivity contribution is -0.131. The van der Waals surface area contributed by atoms with Crippen LogP contribution in [-0.4, -0.2) is 50.1 Å².